The lowest BCUT2D eigenvalue weighted by Gasteiger charge is -2.16. The zero-order chi connectivity index (χ0) is 22.7. The number of benzene rings is 2. The molecule has 1 saturated heterocycles. The summed E-state index contributed by atoms with van der Waals surface area (Å²) in [7, 11) is -2.14. The topological polar surface area (TPSA) is 117 Å². The van der Waals surface area contributed by atoms with Crippen molar-refractivity contribution in [2.75, 3.05) is 35.7 Å². The lowest BCUT2D eigenvalue weighted by Crippen LogP contribution is -2.26. The summed E-state index contributed by atoms with van der Waals surface area (Å²) >= 11 is 0. The predicted molar refractivity (Wildman–Crippen MR) is 121 cm³/mol. The maximum absolute atomic E-state index is 12.5. The molecular formula is C22H26N4O5S. The summed E-state index contributed by atoms with van der Waals surface area (Å²) in [6.07, 6.45) is 3.10. The van der Waals surface area contributed by atoms with Crippen LogP contribution in [-0.4, -0.2) is 46.5 Å². The van der Waals surface area contributed by atoms with Gasteiger partial charge in [-0.05, 0) is 61.7 Å². The van der Waals surface area contributed by atoms with Crippen LogP contribution in [-0.2, 0) is 19.6 Å². The third-order valence-corrected chi connectivity index (χ3v) is 6.87. The van der Waals surface area contributed by atoms with E-state index >= 15 is 0 Å². The van der Waals surface area contributed by atoms with Crippen LogP contribution in [0.2, 0.25) is 0 Å². The highest BCUT2D eigenvalue weighted by Gasteiger charge is 2.28. The van der Waals surface area contributed by atoms with Crippen molar-refractivity contribution in [2.24, 2.45) is 0 Å². The number of rotatable bonds is 9. The highest BCUT2D eigenvalue weighted by Crippen LogP contribution is 2.29. The van der Waals surface area contributed by atoms with Gasteiger partial charge in [0.05, 0.1) is 24.2 Å². The normalized spacial score (nSPS) is 16.2. The third kappa shape index (κ3) is 5.20. The van der Waals surface area contributed by atoms with Gasteiger partial charge in [-0.15, -0.1) is 0 Å². The van der Waals surface area contributed by atoms with Gasteiger partial charge < -0.3 is 20.3 Å². The fraction of sp³-hybridized carbons (Fsp3) is 0.364. The molecule has 2 fully saturated rings. The number of ether oxygens (including phenoxy) is 1. The molecular weight excluding hydrogens is 432 g/mol. The van der Waals surface area contributed by atoms with E-state index in [1.807, 2.05) is 0 Å². The summed E-state index contributed by atoms with van der Waals surface area (Å²) < 4.78 is 32.9. The Bertz CT molecular complexity index is 1110. The molecule has 2 aromatic carbocycles. The van der Waals surface area contributed by atoms with Crippen LogP contribution in [0.15, 0.2) is 47.4 Å². The third-order valence-electron chi connectivity index (χ3n) is 5.36. The number of carbonyl (C=O) groups excluding carboxylic acids is 2. The maximum atomic E-state index is 12.5. The number of nitrogens with zero attached hydrogens (tertiary/aromatic N) is 1. The zero-order valence-corrected chi connectivity index (χ0v) is 18.6. The predicted octanol–water partition coefficient (Wildman–Crippen LogP) is 2.31. The number of hydrogen-bond acceptors (Lipinski definition) is 6. The number of methoxy groups -OCH3 is 1. The molecule has 0 unspecified atom stereocenters. The molecule has 0 spiro atoms. The largest absolute Gasteiger partial charge is 0.495 e. The van der Waals surface area contributed by atoms with Crippen molar-refractivity contribution in [1.29, 1.82) is 0 Å². The van der Waals surface area contributed by atoms with Gasteiger partial charge in [-0.25, -0.2) is 13.1 Å². The van der Waals surface area contributed by atoms with Crippen molar-refractivity contribution in [3.8, 4) is 5.75 Å². The van der Waals surface area contributed by atoms with E-state index in [-0.39, 0.29) is 29.3 Å². The fourth-order valence-corrected chi connectivity index (χ4v) is 4.84. The molecule has 2 aliphatic rings. The number of nitrogens with one attached hydrogen (secondary N) is 3. The second-order valence-electron chi connectivity index (χ2n) is 7.86. The molecule has 2 amide bonds. The van der Waals surface area contributed by atoms with Gasteiger partial charge in [-0.3, -0.25) is 9.59 Å². The first-order chi connectivity index (χ1) is 15.4. The van der Waals surface area contributed by atoms with E-state index in [1.165, 1.54) is 19.2 Å². The van der Waals surface area contributed by atoms with E-state index in [1.54, 1.807) is 35.2 Å². The van der Waals surface area contributed by atoms with Crippen LogP contribution >= 0.6 is 0 Å². The van der Waals surface area contributed by atoms with Crippen molar-refractivity contribution < 1.29 is 22.7 Å². The summed E-state index contributed by atoms with van der Waals surface area (Å²) in [4.78, 5) is 26.1. The summed E-state index contributed by atoms with van der Waals surface area (Å²) in [5.74, 6) is 0.237. The van der Waals surface area contributed by atoms with Crippen molar-refractivity contribution in [1.82, 2.24) is 4.72 Å². The molecule has 1 aliphatic heterocycles. The van der Waals surface area contributed by atoms with Crippen molar-refractivity contribution in [2.45, 2.75) is 36.6 Å². The van der Waals surface area contributed by atoms with Crippen LogP contribution < -0.4 is 25.0 Å². The minimum atomic E-state index is -3.62. The Hall–Kier alpha value is -3.11. The van der Waals surface area contributed by atoms with Gasteiger partial charge in [0.2, 0.25) is 21.8 Å². The highest BCUT2D eigenvalue weighted by molar-refractivity contribution is 7.89. The lowest BCUT2D eigenvalue weighted by molar-refractivity contribution is -0.117. The molecule has 2 aromatic rings. The molecule has 1 heterocycles. The van der Waals surface area contributed by atoms with Gasteiger partial charge in [0.25, 0.3) is 0 Å². The van der Waals surface area contributed by atoms with Gasteiger partial charge in [-0.1, -0.05) is 0 Å². The Morgan fingerprint density at radius 1 is 1.16 bits per heavy atom. The second-order valence-corrected chi connectivity index (χ2v) is 9.57. The lowest BCUT2D eigenvalue weighted by atomic mass is 10.2. The van der Waals surface area contributed by atoms with E-state index in [9.17, 15) is 18.0 Å². The smallest absolute Gasteiger partial charge is 0.243 e. The molecule has 10 heteroatoms. The molecule has 1 aliphatic carbocycles. The SMILES string of the molecule is COc1ccc(S(=O)(=O)NC2CC2)cc1NCC(=O)Nc1ccc(N2CCCC2=O)cc1. The molecule has 4 rings (SSSR count). The summed E-state index contributed by atoms with van der Waals surface area (Å²) in [6, 6.07) is 11.6. The van der Waals surface area contributed by atoms with E-state index < -0.39 is 10.0 Å². The first-order valence-corrected chi connectivity index (χ1v) is 12.0. The van der Waals surface area contributed by atoms with E-state index in [4.69, 9.17) is 4.74 Å². The van der Waals surface area contributed by atoms with E-state index in [0.717, 1.165) is 24.9 Å². The number of amides is 2. The van der Waals surface area contributed by atoms with Crippen molar-refractivity contribution >= 4 is 38.9 Å². The number of carbonyl (C=O) groups is 2. The summed E-state index contributed by atoms with van der Waals surface area (Å²) in [5, 5.41) is 5.73. The van der Waals surface area contributed by atoms with Gasteiger partial charge in [0.1, 0.15) is 5.75 Å². The van der Waals surface area contributed by atoms with Crippen LogP contribution in [0, 0.1) is 0 Å². The average molecular weight is 459 g/mol. The van der Waals surface area contributed by atoms with E-state index in [0.29, 0.717) is 30.1 Å². The fourth-order valence-electron chi connectivity index (χ4n) is 3.51. The van der Waals surface area contributed by atoms with Crippen molar-refractivity contribution in [3.63, 3.8) is 0 Å². The Morgan fingerprint density at radius 2 is 1.91 bits per heavy atom. The van der Waals surface area contributed by atoms with E-state index in [2.05, 4.69) is 15.4 Å². The highest BCUT2D eigenvalue weighted by atomic mass is 32.2. The summed E-state index contributed by atoms with van der Waals surface area (Å²) in [6.45, 7) is 0.629. The van der Waals surface area contributed by atoms with Crippen LogP contribution in [0.5, 0.6) is 5.75 Å². The Kier molecular flexibility index (Phi) is 6.33. The molecule has 170 valence electrons. The van der Waals surface area contributed by atoms with Crippen LogP contribution in [0.1, 0.15) is 25.7 Å². The molecule has 32 heavy (non-hydrogen) atoms. The quantitative estimate of drug-likeness (QED) is 0.531. The second kappa shape index (κ2) is 9.17. The first kappa shape index (κ1) is 22.1. The Balaban J connectivity index is 1.37. The van der Waals surface area contributed by atoms with Crippen molar-refractivity contribution in [3.05, 3.63) is 42.5 Å². The first-order valence-electron chi connectivity index (χ1n) is 10.5. The minimum Gasteiger partial charge on any atom is -0.495 e. The Labute approximate surface area is 187 Å². The molecule has 0 atom stereocenters. The van der Waals surface area contributed by atoms with Crippen LogP contribution in [0.25, 0.3) is 0 Å². The van der Waals surface area contributed by atoms with Crippen LogP contribution in [0.4, 0.5) is 17.1 Å². The number of anilines is 3. The zero-order valence-electron chi connectivity index (χ0n) is 17.8. The van der Waals surface area contributed by atoms with Gasteiger partial charge in [0.15, 0.2) is 0 Å². The molecule has 1 saturated carbocycles. The maximum Gasteiger partial charge on any atom is 0.243 e. The number of sulfonamides is 1. The average Bonchev–Trinajstić information content (AvgIpc) is 3.48. The van der Waals surface area contributed by atoms with Crippen LogP contribution in [0.3, 0.4) is 0 Å². The number of hydrogen-bond donors (Lipinski definition) is 3. The molecule has 0 bridgehead atoms. The monoisotopic (exact) mass is 458 g/mol. The standard InChI is InChI=1S/C22H26N4O5S/c1-31-20-11-10-18(32(29,30)25-16-4-5-16)13-19(20)23-14-21(27)24-15-6-8-17(9-7-15)26-12-2-3-22(26)28/h6-11,13,16,23,25H,2-5,12,14H2,1H3,(H,24,27). The van der Waals surface area contributed by atoms with Gasteiger partial charge in [-0.2, -0.15) is 0 Å². The molecule has 3 N–H and O–H groups in total. The van der Waals surface area contributed by atoms with Gasteiger partial charge in [0, 0.05) is 30.4 Å². The minimum absolute atomic E-state index is 0.000679. The van der Waals surface area contributed by atoms with Gasteiger partial charge >= 0.3 is 0 Å². The Morgan fingerprint density at radius 3 is 2.53 bits per heavy atom. The molecule has 0 aromatic heterocycles. The summed E-state index contributed by atoms with van der Waals surface area (Å²) in [5.41, 5.74) is 1.82. The molecule has 0 radical (unpaired) electrons. The molecule has 9 nitrogen and oxygen atoms in total.